The minimum atomic E-state index is -0.213. The van der Waals surface area contributed by atoms with Gasteiger partial charge in [0.1, 0.15) is 0 Å². The quantitative estimate of drug-likeness (QED) is 0.375. The maximum absolute atomic E-state index is 10.6. The first kappa shape index (κ1) is 11.7. The van der Waals surface area contributed by atoms with Gasteiger partial charge in [0.15, 0.2) is 0 Å². The van der Waals surface area contributed by atoms with E-state index in [0.29, 0.717) is 26.0 Å². The predicted molar refractivity (Wildman–Crippen MR) is 49.1 cm³/mol. The number of rotatable bonds is 6. The standard InChI is InChI=1S/C9H15NO3/c1-3-8(11)10-6-5-7-13-9(12)4-2/h3H,1,4-7H2,2H3,(H,10,11). The van der Waals surface area contributed by atoms with Gasteiger partial charge in [0.2, 0.25) is 5.91 Å². The fraction of sp³-hybridized carbons (Fsp3) is 0.556. The minimum Gasteiger partial charge on any atom is -0.466 e. The summed E-state index contributed by atoms with van der Waals surface area (Å²) >= 11 is 0. The Kier molecular flexibility index (Phi) is 6.59. The second-order valence-electron chi connectivity index (χ2n) is 2.42. The van der Waals surface area contributed by atoms with Crippen molar-refractivity contribution in [3.63, 3.8) is 0 Å². The van der Waals surface area contributed by atoms with Crippen LogP contribution in [0.2, 0.25) is 0 Å². The summed E-state index contributed by atoms with van der Waals surface area (Å²) in [7, 11) is 0. The number of nitrogens with one attached hydrogen (secondary N) is 1. The van der Waals surface area contributed by atoms with Crippen LogP contribution >= 0.6 is 0 Å². The highest BCUT2D eigenvalue weighted by atomic mass is 16.5. The summed E-state index contributed by atoms with van der Waals surface area (Å²) in [5.74, 6) is -0.420. The molecule has 0 fully saturated rings. The summed E-state index contributed by atoms with van der Waals surface area (Å²) < 4.78 is 4.79. The first-order valence-corrected chi connectivity index (χ1v) is 4.26. The second kappa shape index (κ2) is 7.34. The smallest absolute Gasteiger partial charge is 0.305 e. The van der Waals surface area contributed by atoms with Gasteiger partial charge in [0, 0.05) is 13.0 Å². The summed E-state index contributed by atoms with van der Waals surface area (Å²) in [6.45, 7) is 5.89. The molecule has 1 amide bonds. The van der Waals surface area contributed by atoms with Crippen LogP contribution in [0.25, 0.3) is 0 Å². The molecule has 0 bridgehead atoms. The molecule has 0 aromatic heterocycles. The summed E-state index contributed by atoms with van der Waals surface area (Å²) in [6, 6.07) is 0. The molecule has 4 nitrogen and oxygen atoms in total. The maximum Gasteiger partial charge on any atom is 0.305 e. The van der Waals surface area contributed by atoms with Gasteiger partial charge in [0.25, 0.3) is 0 Å². The van der Waals surface area contributed by atoms with Crippen LogP contribution in [0.5, 0.6) is 0 Å². The third-order valence-corrected chi connectivity index (χ3v) is 1.36. The van der Waals surface area contributed by atoms with E-state index in [0.717, 1.165) is 0 Å². The van der Waals surface area contributed by atoms with Crippen molar-refractivity contribution < 1.29 is 14.3 Å². The van der Waals surface area contributed by atoms with Crippen molar-refractivity contribution in [3.8, 4) is 0 Å². The number of ether oxygens (including phenoxy) is 1. The van der Waals surface area contributed by atoms with E-state index < -0.39 is 0 Å². The molecule has 0 spiro atoms. The zero-order chi connectivity index (χ0) is 10.1. The SMILES string of the molecule is C=CC(=O)NCCCOC(=O)CC. The zero-order valence-electron chi connectivity index (χ0n) is 7.84. The molecule has 0 aromatic carbocycles. The van der Waals surface area contributed by atoms with E-state index in [9.17, 15) is 9.59 Å². The molecule has 0 aliphatic heterocycles. The van der Waals surface area contributed by atoms with E-state index in [4.69, 9.17) is 4.74 Å². The summed E-state index contributed by atoms with van der Waals surface area (Å²) in [4.78, 5) is 21.3. The molecule has 0 rings (SSSR count). The molecule has 0 atom stereocenters. The fourth-order valence-corrected chi connectivity index (χ4v) is 0.644. The Morgan fingerprint density at radius 3 is 2.77 bits per heavy atom. The molecule has 0 aliphatic carbocycles. The lowest BCUT2D eigenvalue weighted by Gasteiger charge is -2.03. The lowest BCUT2D eigenvalue weighted by Crippen LogP contribution is -2.23. The Balaban J connectivity index is 3.21. The van der Waals surface area contributed by atoms with Crippen molar-refractivity contribution in [2.24, 2.45) is 0 Å². The molecule has 0 heterocycles. The van der Waals surface area contributed by atoms with Crippen LogP contribution in [0, 0.1) is 0 Å². The van der Waals surface area contributed by atoms with E-state index in [-0.39, 0.29) is 11.9 Å². The van der Waals surface area contributed by atoms with Crippen LogP contribution in [-0.4, -0.2) is 25.0 Å². The number of amides is 1. The Morgan fingerprint density at radius 1 is 1.54 bits per heavy atom. The van der Waals surface area contributed by atoms with E-state index in [1.807, 2.05) is 0 Å². The number of carbonyl (C=O) groups is 2. The Bertz CT molecular complexity index is 189. The molecule has 0 aromatic rings. The molecular weight excluding hydrogens is 170 g/mol. The third-order valence-electron chi connectivity index (χ3n) is 1.36. The van der Waals surface area contributed by atoms with Crippen molar-refractivity contribution >= 4 is 11.9 Å². The Morgan fingerprint density at radius 2 is 2.23 bits per heavy atom. The molecule has 4 heteroatoms. The predicted octanol–water partition coefficient (Wildman–Crippen LogP) is 0.632. The van der Waals surface area contributed by atoms with Crippen LogP contribution in [0.15, 0.2) is 12.7 Å². The van der Waals surface area contributed by atoms with Gasteiger partial charge in [-0.1, -0.05) is 13.5 Å². The molecule has 74 valence electrons. The maximum atomic E-state index is 10.6. The molecule has 0 saturated heterocycles. The van der Waals surface area contributed by atoms with Gasteiger partial charge < -0.3 is 10.1 Å². The number of carbonyl (C=O) groups excluding carboxylic acids is 2. The first-order valence-electron chi connectivity index (χ1n) is 4.26. The van der Waals surface area contributed by atoms with E-state index in [2.05, 4.69) is 11.9 Å². The lowest BCUT2D eigenvalue weighted by atomic mass is 10.4. The highest BCUT2D eigenvalue weighted by Crippen LogP contribution is 1.86. The van der Waals surface area contributed by atoms with Gasteiger partial charge >= 0.3 is 5.97 Å². The monoisotopic (exact) mass is 185 g/mol. The van der Waals surface area contributed by atoms with Crippen LogP contribution < -0.4 is 5.32 Å². The average Bonchev–Trinajstić information content (AvgIpc) is 2.16. The van der Waals surface area contributed by atoms with Crippen LogP contribution in [0.4, 0.5) is 0 Å². The highest BCUT2D eigenvalue weighted by Gasteiger charge is 1.97. The van der Waals surface area contributed by atoms with Crippen LogP contribution in [0.3, 0.4) is 0 Å². The van der Waals surface area contributed by atoms with Gasteiger partial charge in [-0.3, -0.25) is 9.59 Å². The summed E-state index contributed by atoms with van der Waals surface area (Å²) in [5, 5.41) is 2.58. The summed E-state index contributed by atoms with van der Waals surface area (Å²) in [6.07, 6.45) is 2.22. The fourth-order valence-electron chi connectivity index (χ4n) is 0.644. The van der Waals surface area contributed by atoms with E-state index in [1.165, 1.54) is 6.08 Å². The summed E-state index contributed by atoms with van der Waals surface area (Å²) in [5.41, 5.74) is 0. The number of hydrogen-bond acceptors (Lipinski definition) is 3. The Labute approximate surface area is 78.0 Å². The van der Waals surface area contributed by atoms with Crippen molar-refractivity contribution in [1.82, 2.24) is 5.32 Å². The van der Waals surface area contributed by atoms with Gasteiger partial charge in [-0.25, -0.2) is 0 Å². The van der Waals surface area contributed by atoms with Crippen molar-refractivity contribution in [3.05, 3.63) is 12.7 Å². The molecule has 0 radical (unpaired) electrons. The molecule has 0 unspecified atom stereocenters. The van der Waals surface area contributed by atoms with Gasteiger partial charge in [-0.05, 0) is 12.5 Å². The molecule has 13 heavy (non-hydrogen) atoms. The first-order chi connectivity index (χ1) is 6.20. The highest BCUT2D eigenvalue weighted by molar-refractivity contribution is 5.86. The van der Waals surface area contributed by atoms with Crippen LogP contribution in [0.1, 0.15) is 19.8 Å². The Hall–Kier alpha value is -1.32. The number of hydrogen-bond donors (Lipinski definition) is 1. The molecule has 0 aliphatic rings. The van der Waals surface area contributed by atoms with Crippen LogP contribution in [-0.2, 0) is 14.3 Å². The van der Waals surface area contributed by atoms with Crippen molar-refractivity contribution in [2.75, 3.05) is 13.2 Å². The van der Waals surface area contributed by atoms with Crippen molar-refractivity contribution in [2.45, 2.75) is 19.8 Å². The second-order valence-corrected chi connectivity index (χ2v) is 2.42. The molecule has 1 N–H and O–H groups in total. The van der Waals surface area contributed by atoms with E-state index in [1.54, 1.807) is 6.92 Å². The van der Waals surface area contributed by atoms with Crippen molar-refractivity contribution in [1.29, 1.82) is 0 Å². The lowest BCUT2D eigenvalue weighted by molar-refractivity contribution is -0.143. The normalized spacial score (nSPS) is 9.00. The van der Waals surface area contributed by atoms with E-state index >= 15 is 0 Å². The number of esters is 1. The minimum absolute atomic E-state index is 0.207. The topological polar surface area (TPSA) is 55.4 Å². The van der Waals surface area contributed by atoms with Gasteiger partial charge in [-0.2, -0.15) is 0 Å². The van der Waals surface area contributed by atoms with Gasteiger partial charge in [-0.15, -0.1) is 0 Å². The third kappa shape index (κ3) is 7.05. The molecule has 0 saturated carbocycles. The average molecular weight is 185 g/mol. The molecular formula is C9H15NO3. The van der Waals surface area contributed by atoms with Gasteiger partial charge in [0.05, 0.1) is 6.61 Å². The zero-order valence-corrected chi connectivity index (χ0v) is 7.84. The largest absolute Gasteiger partial charge is 0.466 e.